The first-order valence-electron chi connectivity index (χ1n) is 5.15. The summed E-state index contributed by atoms with van der Waals surface area (Å²) in [5.74, 6) is -2.19. The zero-order chi connectivity index (χ0) is 12.1. The Hall–Kier alpha value is -1.84. The minimum atomic E-state index is -1.10. The summed E-state index contributed by atoms with van der Waals surface area (Å²) < 4.78 is 0. The fourth-order valence-electron chi connectivity index (χ4n) is 1.46. The molecule has 1 rings (SSSR count). The van der Waals surface area contributed by atoms with Crippen LogP contribution >= 0.6 is 0 Å². The molecule has 0 spiro atoms. The molecule has 4 heteroatoms. The van der Waals surface area contributed by atoms with E-state index in [2.05, 4.69) is 0 Å². The molecule has 0 saturated heterocycles. The van der Waals surface area contributed by atoms with Gasteiger partial charge in [-0.3, -0.25) is 0 Å². The summed E-state index contributed by atoms with van der Waals surface area (Å²) in [6, 6.07) is 4.25. The third-order valence-corrected chi connectivity index (χ3v) is 2.31. The molecule has 0 bridgehead atoms. The lowest BCUT2D eigenvalue weighted by atomic mass is 10.0. The Morgan fingerprint density at radius 2 is 1.56 bits per heavy atom. The van der Waals surface area contributed by atoms with Crippen molar-refractivity contribution in [3.05, 3.63) is 34.9 Å². The Bertz CT molecular complexity index is 377. The molecule has 0 atom stereocenters. The summed E-state index contributed by atoms with van der Waals surface area (Å²) in [4.78, 5) is 21.6. The van der Waals surface area contributed by atoms with E-state index in [1.807, 2.05) is 6.92 Å². The second kappa shape index (κ2) is 5.30. The van der Waals surface area contributed by atoms with Crippen molar-refractivity contribution < 1.29 is 19.8 Å². The topological polar surface area (TPSA) is 74.6 Å². The highest BCUT2D eigenvalue weighted by Gasteiger charge is 2.10. The Morgan fingerprint density at radius 1 is 1.06 bits per heavy atom. The van der Waals surface area contributed by atoms with Gasteiger partial charge in [0.05, 0.1) is 11.1 Å². The average molecular weight is 222 g/mol. The molecule has 86 valence electrons. The van der Waals surface area contributed by atoms with E-state index in [0.717, 1.165) is 18.4 Å². The highest BCUT2D eigenvalue weighted by molar-refractivity contribution is 5.94. The van der Waals surface area contributed by atoms with Crippen LogP contribution in [0.4, 0.5) is 0 Å². The summed E-state index contributed by atoms with van der Waals surface area (Å²) in [7, 11) is 0. The minimum absolute atomic E-state index is 0.0333. The van der Waals surface area contributed by atoms with Gasteiger partial charge in [-0.1, -0.05) is 13.3 Å². The molecule has 2 N–H and O–H groups in total. The largest absolute Gasteiger partial charge is 0.478 e. The van der Waals surface area contributed by atoms with Crippen molar-refractivity contribution in [1.29, 1.82) is 0 Å². The van der Waals surface area contributed by atoms with E-state index in [4.69, 9.17) is 10.2 Å². The number of aromatic carboxylic acids is 2. The third kappa shape index (κ3) is 3.08. The van der Waals surface area contributed by atoms with Gasteiger partial charge in [0.2, 0.25) is 0 Å². The highest BCUT2D eigenvalue weighted by atomic mass is 16.4. The normalized spacial score (nSPS) is 10.1. The van der Waals surface area contributed by atoms with Gasteiger partial charge in [-0.15, -0.1) is 0 Å². The lowest BCUT2D eigenvalue weighted by Gasteiger charge is -2.04. The van der Waals surface area contributed by atoms with E-state index in [1.165, 1.54) is 18.2 Å². The van der Waals surface area contributed by atoms with E-state index in [1.54, 1.807) is 0 Å². The molecule has 0 heterocycles. The number of hydrogen-bond acceptors (Lipinski definition) is 2. The van der Waals surface area contributed by atoms with Crippen LogP contribution in [0.1, 0.15) is 46.0 Å². The SMILES string of the molecule is CCCCc1cc(C(=O)O)cc(C(=O)O)c1. The van der Waals surface area contributed by atoms with Crippen molar-refractivity contribution in [3.63, 3.8) is 0 Å². The molecule has 0 aromatic heterocycles. The van der Waals surface area contributed by atoms with Crippen molar-refractivity contribution >= 4 is 11.9 Å². The Kier molecular flexibility index (Phi) is 4.05. The van der Waals surface area contributed by atoms with Crippen molar-refractivity contribution in [2.75, 3.05) is 0 Å². The number of carboxylic acids is 2. The number of aryl methyl sites for hydroxylation is 1. The van der Waals surface area contributed by atoms with E-state index < -0.39 is 11.9 Å². The molecule has 1 aromatic rings. The first-order chi connectivity index (χ1) is 7.54. The smallest absolute Gasteiger partial charge is 0.335 e. The Labute approximate surface area is 93.5 Å². The maximum atomic E-state index is 10.8. The summed E-state index contributed by atoms with van der Waals surface area (Å²) in [5.41, 5.74) is 0.830. The number of carbonyl (C=O) groups is 2. The molecule has 16 heavy (non-hydrogen) atoms. The molecule has 0 unspecified atom stereocenters. The minimum Gasteiger partial charge on any atom is -0.478 e. The van der Waals surface area contributed by atoms with Crippen LogP contribution in [0.3, 0.4) is 0 Å². The van der Waals surface area contributed by atoms with Crippen LogP contribution in [0, 0.1) is 0 Å². The highest BCUT2D eigenvalue weighted by Crippen LogP contribution is 2.13. The average Bonchev–Trinajstić information content (AvgIpc) is 2.25. The van der Waals surface area contributed by atoms with Crippen LogP contribution in [-0.4, -0.2) is 22.2 Å². The summed E-state index contributed by atoms with van der Waals surface area (Å²) in [6.45, 7) is 2.03. The first kappa shape index (κ1) is 12.2. The molecule has 4 nitrogen and oxygen atoms in total. The van der Waals surface area contributed by atoms with Crippen LogP contribution < -0.4 is 0 Å². The summed E-state index contributed by atoms with van der Waals surface area (Å²) in [6.07, 6.45) is 2.61. The maximum absolute atomic E-state index is 10.8. The monoisotopic (exact) mass is 222 g/mol. The number of rotatable bonds is 5. The lowest BCUT2D eigenvalue weighted by Crippen LogP contribution is -2.04. The van der Waals surface area contributed by atoms with Gasteiger partial charge in [-0.05, 0) is 36.6 Å². The second-order valence-electron chi connectivity index (χ2n) is 3.63. The van der Waals surface area contributed by atoms with Crippen LogP contribution in [-0.2, 0) is 6.42 Å². The van der Waals surface area contributed by atoms with Gasteiger partial charge in [0.15, 0.2) is 0 Å². The van der Waals surface area contributed by atoms with Crippen LogP contribution in [0.25, 0.3) is 0 Å². The van der Waals surface area contributed by atoms with Crippen molar-refractivity contribution in [3.8, 4) is 0 Å². The third-order valence-electron chi connectivity index (χ3n) is 2.31. The van der Waals surface area contributed by atoms with E-state index in [-0.39, 0.29) is 11.1 Å². The van der Waals surface area contributed by atoms with Gasteiger partial charge in [0.25, 0.3) is 0 Å². The molecule has 0 saturated carbocycles. The molecule has 0 aliphatic rings. The molecule has 0 aliphatic carbocycles. The Balaban J connectivity index is 3.08. The molecule has 0 amide bonds. The van der Waals surface area contributed by atoms with E-state index >= 15 is 0 Å². The van der Waals surface area contributed by atoms with Crippen LogP contribution in [0.15, 0.2) is 18.2 Å². The summed E-state index contributed by atoms with van der Waals surface area (Å²) >= 11 is 0. The van der Waals surface area contributed by atoms with Gasteiger partial charge in [0, 0.05) is 0 Å². The molecule has 0 fully saturated rings. The fourth-order valence-corrected chi connectivity index (χ4v) is 1.46. The zero-order valence-electron chi connectivity index (χ0n) is 9.06. The number of carboxylic acid groups (broad SMARTS) is 2. The van der Waals surface area contributed by atoms with Gasteiger partial charge >= 0.3 is 11.9 Å². The van der Waals surface area contributed by atoms with Gasteiger partial charge < -0.3 is 10.2 Å². The van der Waals surface area contributed by atoms with Crippen molar-refractivity contribution in [2.45, 2.75) is 26.2 Å². The number of unbranched alkanes of at least 4 members (excludes halogenated alkanes) is 1. The predicted octanol–water partition coefficient (Wildman–Crippen LogP) is 2.43. The number of hydrogen-bond donors (Lipinski definition) is 2. The van der Waals surface area contributed by atoms with Gasteiger partial charge in [-0.2, -0.15) is 0 Å². The first-order valence-corrected chi connectivity index (χ1v) is 5.15. The van der Waals surface area contributed by atoms with Crippen LogP contribution in [0.5, 0.6) is 0 Å². The molecule has 0 radical (unpaired) electrons. The standard InChI is InChI=1S/C12H14O4/c1-2-3-4-8-5-9(11(13)14)7-10(6-8)12(15)16/h5-7H,2-4H2,1H3,(H,13,14)(H,15,16). The quantitative estimate of drug-likeness (QED) is 0.802. The number of benzene rings is 1. The molecular formula is C12H14O4. The lowest BCUT2D eigenvalue weighted by molar-refractivity contribution is 0.0696. The van der Waals surface area contributed by atoms with Crippen molar-refractivity contribution in [2.24, 2.45) is 0 Å². The molecular weight excluding hydrogens is 208 g/mol. The second-order valence-corrected chi connectivity index (χ2v) is 3.63. The maximum Gasteiger partial charge on any atom is 0.335 e. The predicted molar refractivity (Wildman–Crippen MR) is 59.0 cm³/mol. The summed E-state index contributed by atoms with van der Waals surface area (Å²) in [5, 5.41) is 17.7. The molecule has 1 aromatic carbocycles. The van der Waals surface area contributed by atoms with Gasteiger partial charge in [-0.25, -0.2) is 9.59 Å². The van der Waals surface area contributed by atoms with E-state index in [0.29, 0.717) is 6.42 Å². The zero-order valence-corrected chi connectivity index (χ0v) is 9.06. The van der Waals surface area contributed by atoms with E-state index in [9.17, 15) is 9.59 Å². The van der Waals surface area contributed by atoms with Crippen molar-refractivity contribution in [1.82, 2.24) is 0 Å². The Morgan fingerprint density at radius 3 is 1.94 bits per heavy atom. The van der Waals surface area contributed by atoms with Gasteiger partial charge in [0.1, 0.15) is 0 Å². The van der Waals surface area contributed by atoms with Crippen LogP contribution in [0.2, 0.25) is 0 Å². The molecule has 0 aliphatic heterocycles. The fraction of sp³-hybridized carbons (Fsp3) is 0.333.